The largest absolute Gasteiger partial charge is 0.496 e. The van der Waals surface area contributed by atoms with Gasteiger partial charge in [0.15, 0.2) is 0 Å². The van der Waals surface area contributed by atoms with Crippen molar-refractivity contribution in [1.29, 1.82) is 0 Å². The standard InChI is InChI=1S/C19H20BrN3O3/c1-13-3-6-16(7-4-13)22-18(24)9-10-19(25)23-21-12-14-11-15(20)5-8-17(14)26-2/h3-8,11-12H,9-10H2,1-2H3,(H,22,24)(H,23,25)/b21-12+. The highest BCUT2D eigenvalue weighted by molar-refractivity contribution is 9.10. The summed E-state index contributed by atoms with van der Waals surface area (Å²) in [5.41, 5.74) is 4.95. The molecular weight excluding hydrogens is 398 g/mol. The van der Waals surface area contributed by atoms with E-state index in [1.165, 1.54) is 6.21 Å². The van der Waals surface area contributed by atoms with E-state index in [1.54, 1.807) is 13.2 Å². The van der Waals surface area contributed by atoms with Crippen LogP contribution in [0.2, 0.25) is 0 Å². The van der Waals surface area contributed by atoms with Gasteiger partial charge in [0.2, 0.25) is 11.8 Å². The number of methoxy groups -OCH3 is 1. The number of carbonyl (C=O) groups is 2. The average molecular weight is 418 g/mol. The summed E-state index contributed by atoms with van der Waals surface area (Å²) >= 11 is 3.37. The molecule has 0 spiro atoms. The Hall–Kier alpha value is -2.67. The molecule has 0 radical (unpaired) electrons. The van der Waals surface area contributed by atoms with Crippen molar-refractivity contribution in [2.75, 3.05) is 12.4 Å². The molecule has 2 N–H and O–H groups in total. The number of ether oxygens (including phenoxy) is 1. The molecular formula is C19H20BrN3O3. The monoisotopic (exact) mass is 417 g/mol. The number of aryl methyl sites for hydroxylation is 1. The third kappa shape index (κ3) is 6.33. The first-order chi connectivity index (χ1) is 12.5. The quantitative estimate of drug-likeness (QED) is 0.532. The average Bonchev–Trinajstić information content (AvgIpc) is 2.62. The second kappa shape index (κ2) is 9.72. The molecule has 0 fully saturated rings. The van der Waals surface area contributed by atoms with E-state index in [1.807, 2.05) is 43.3 Å². The summed E-state index contributed by atoms with van der Waals surface area (Å²) in [5.74, 6) is 0.0830. The number of nitrogens with one attached hydrogen (secondary N) is 2. The number of anilines is 1. The maximum Gasteiger partial charge on any atom is 0.240 e. The van der Waals surface area contributed by atoms with Gasteiger partial charge in [0.1, 0.15) is 5.75 Å². The molecule has 0 heterocycles. The summed E-state index contributed by atoms with van der Waals surface area (Å²) in [4.78, 5) is 23.7. The number of benzene rings is 2. The first-order valence-corrected chi connectivity index (χ1v) is 8.79. The fourth-order valence-electron chi connectivity index (χ4n) is 2.12. The number of hydrogen-bond donors (Lipinski definition) is 2. The molecule has 2 amide bonds. The van der Waals surface area contributed by atoms with Gasteiger partial charge in [-0.2, -0.15) is 5.10 Å². The van der Waals surface area contributed by atoms with E-state index in [0.29, 0.717) is 11.4 Å². The van der Waals surface area contributed by atoms with Gasteiger partial charge in [-0.05, 0) is 37.3 Å². The second-order valence-corrected chi connectivity index (χ2v) is 6.51. The van der Waals surface area contributed by atoms with Crippen LogP contribution in [0.5, 0.6) is 5.75 Å². The predicted molar refractivity (Wildman–Crippen MR) is 105 cm³/mol. The molecule has 0 atom stereocenters. The van der Waals surface area contributed by atoms with Gasteiger partial charge in [-0.15, -0.1) is 0 Å². The lowest BCUT2D eigenvalue weighted by molar-refractivity contribution is -0.124. The Labute approximate surface area is 160 Å². The number of hydrogen-bond acceptors (Lipinski definition) is 4. The highest BCUT2D eigenvalue weighted by Crippen LogP contribution is 2.21. The lowest BCUT2D eigenvalue weighted by atomic mass is 10.2. The molecule has 7 heteroatoms. The molecule has 0 bridgehead atoms. The van der Waals surface area contributed by atoms with Crippen molar-refractivity contribution in [2.24, 2.45) is 5.10 Å². The van der Waals surface area contributed by atoms with E-state index in [-0.39, 0.29) is 24.7 Å². The Morgan fingerprint density at radius 2 is 1.81 bits per heavy atom. The molecule has 2 aromatic rings. The maximum atomic E-state index is 11.9. The van der Waals surface area contributed by atoms with Crippen LogP contribution in [0.15, 0.2) is 52.0 Å². The van der Waals surface area contributed by atoms with Crippen LogP contribution in [0.3, 0.4) is 0 Å². The van der Waals surface area contributed by atoms with Gasteiger partial charge in [0, 0.05) is 28.6 Å². The minimum atomic E-state index is -0.339. The van der Waals surface area contributed by atoms with Crippen LogP contribution in [-0.4, -0.2) is 25.1 Å². The molecule has 0 aliphatic heterocycles. The predicted octanol–water partition coefficient (Wildman–Crippen LogP) is 3.64. The fraction of sp³-hybridized carbons (Fsp3) is 0.211. The molecule has 26 heavy (non-hydrogen) atoms. The molecule has 0 aliphatic rings. The lowest BCUT2D eigenvalue weighted by Gasteiger charge is -2.06. The first kappa shape index (κ1) is 19.7. The van der Waals surface area contributed by atoms with E-state index in [2.05, 4.69) is 31.8 Å². The van der Waals surface area contributed by atoms with Gasteiger partial charge in [-0.25, -0.2) is 5.43 Å². The zero-order valence-corrected chi connectivity index (χ0v) is 16.2. The number of hydrazone groups is 1. The van der Waals surface area contributed by atoms with Crippen LogP contribution in [0.4, 0.5) is 5.69 Å². The summed E-state index contributed by atoms with van der Waals surface area (Å²) in [6.45, 7) is 1.97. The third-order valence-electron chi connectivity index (χ3n) is 3.50. The van der Waals surface area contributed by atoms with Crippen molar-refractivity contribution in [2.45, 2.75) is 19.8 Å². The number of nitrogens with zero attached hydrogens (tertiary/aromatic N) is 1. The van der Waals surface area contributed by atoms with Crippen molar-refractivity contribution in [3.8, 4) is 5.75 Å². The molecule has 6 nitrogen and oxygen atoms in total. The minimum Gasteiger partial charge on any atom is -0.496 e. The van der Waals surface area contributed by atoms with Gasteiger partial charge in [0.25, 0.3) is 0 Å². The van der Waals surface area contributed by atoms with Crippen LogP contribution < -0.4 is 15.5 Å². The molecule has 0 saturated carbocycles. The zero-order valence-electron chi connectivity index (χ0n) is 14.6. The molecule has 2 rings (SSSR count). The summed E-state index contributed by atoms with van der Waals surface area (Å²) in [6.07, 6.45) is 1.62. The molecule has 136 valence electrons. The van der Waals surface area contributed by atoms with Crippen LogP contribution >= 0.6 is 15.9 Å². The molecule has 2 aromatic carbocycles. The Bertz CT molecular complexity index is 804. The second-order valence-electron chi connectivity index (χ2n) is 5.59. The highest BCUT2D eigenvalue weighted by atomic mass is 79.9. The van der Waals surface area contributed by atoms with Gasteiger partial charge in [-0.1, -0.05) is 33.6 Å². The van der Waals surface area contributed by atoms with Gasteiger partial charge in [-0.3, -0.25) is 9.59 Å². The van der Waals surface area contributed by atoms with Crippen molar-refractivity contribution in [3.05, 3.63) is 58.1 Å². The summed E-state index contributed by atoms with van der Waals surface area (Å²) < 4.78 is 6.10. The minimum absolute atomic E-state index is 0.0463. The van der Waals surface area contributed by atoms with Crippen molar-refractivity contribution < 1.29 is 14.3 Å². The topological polar surface area (TPSA) is 79.8 Å². The Morgan fingerprint density at radius 3 is 2.50 bits per heavy atom. The first-order valence-electron chi connectivity index (χ1n) is 8.00. The van der Waals surface area contributed by atoms with Gasteiger partial charge < -0.3 is 10.1 Å². The Morgan fingerprint density at radius 1 is 1.12 bits per heavy atom. The van der Waals surface area contributed by atoms with Gasteiger partial charge >= 0.3 is 0 Å². The fourth-order valence-corrected chi connectivity index (χ4v) is 2.50. The van der Waals surface area contributed by atoms with E-state index in [4.69, 9.17) is 4.74 Å². The van der Waals surface area contributed by atoms with Gasteiger partial charge in [0.05, 0.1) is 13.3 Å². The molecule has 0 unspecified atom stereocenters. The Kier molecular flexibility index (Phi) is 7.35. The zero-order chi connectivity index (χ0) is 18.9. The Balaban J connectivity index is 1.79. The van der Waals surface area contributed by atoms with Crippen molar-refractivity contribution >= 4 is 39.6 Å². The van der Waals surface area contributed by atoms with Crippen LogP contribution in [0, 0.1) is 6.92 Å². The van der Waals surface area contributed by atoms with Crippen molar-refractivity contribution in [3.63, 3.8) is 0 Å². The van der Waals surface area contributed by atoms with Crippen LogP contribution in [0.25, 0.3) is 0 Å². The molecule has 0 aromatic heterocycles. The van der Waals surface area contributed by atoms with E-state index in [0.717, 1.165) is 15.6 Å². The van der Waals surface area contributed by atoms with Crippen LogP contribution in [0.1, 0.15) is 24.0 Å². The van der Waals surface area contributed by atoms with Crippen LogP contribution in [-0.2, 0) is 9.59 Å². The number of carbonyl (C=O) groups excluding carboxylic acids is 2. The molecule has 0 saturated heterocycles. The number of halogens is 1. The third-order valence-corrected chi connectivity index (χ3v) is 3.99. The van der Waals surface area contributed by atoms with E-state index >= 15 is 0 Å². The molecule has 0 aliphatic carbocycles. The smallest absolute Gasteiger partial charge is 0.240 e. The summed E-state index contributed by atoms with van der Waals surface area (Å²) in [5, 5.41) is 6.65. The SMILES string of the molecule is COc1ccc(Br)cc1/C=N/NC(=O)CCC(=O)Nc1ccc(C)cc1. The number of amides is 2. The maximum absolute atomic E-state index is 11.9. The van der Waals surface area contributed by atoms with E-state index < -0.39 is 0 Å². The number of rotatable bonds is 7. The summed E-state index contributed by atoms with van der Waals surface area (Å²) in [6, 6.07) is 12.9. The van der Waals surface area contributed by atoms with E-state index in [9.17, 15) is 9.59 Å². The lowest BCUT2D eigenvalue weighted by Crippen LogP contribution is -2.20. The normalized spacial score (nSPS) is 10.6. The summed E-state index contributed by atoms with van der Waals surface area (Å²) in [7, 11) is 1.56. The highest BCUT2D eigenvalue weighted by Gasteiger charge is 2.07. The van der Waals surface area contributed by atoms with Crippen molar-refractivity contribution in [1.82, 2.24) is 5.43 Å².